The van der Waals surface area contributed by atoms with Crippen molar-refractivity contribution in [1.82, 2.24) is 0 Å². The van der Waals surface area contributed by atoms with Crippen molar-refractivity contribution in [3.05, 3.63) is 105 Å². The Morgan fingerprint density at radius 1 is 0.577 bits per heavy atom. The van der Waals surface area contributed by atoms with Crippen LogP contribution in [0.1, 0.15) is 22.3 Å². The van der Waals surface area contributed by atoms with E-state index in [2.05, 4.69) is 0 Å². The van der Waals surface area contributed by atoms with Crippen LogP contribution in [0.15, 0.2) is 72.8 Å². The molecule has 0 atom stereocenters. The van der Waals surface area contributed by atoms with Crippen molar-refractivity contribution < 1.29 is 4.79 Å². The van der Waals surface area contributed by atoms with E-state index >= 15 is 0 Å². The van der Waals surface area contributed by atoms with E-state index < -0.39 is 0 Å². The quantitative estimate of drug-likeness (QED) is 0.758. The van der Waals surface area contributed by atoms with Crippen LogP contribution in [-0.2, 0) is 17.9 Å². The molecule has 0 amide bonds. The standard InChI is InChI=1S/C23H20N2O/c24-13-15-5-9-17(10-6-15)21-19-3-1-2-4-20(19)22(23(21)26)18-11-7-16(14-25)8-12-18/h1-12H,13-14,24-25H2. The average Bonchev–Trinajstić information content (AvgIpc) is 3.00. The molecule has 0 radical (unpaired) electrons. The van der Waals surface area contributed by atoms with E-state index in [0.717, 1.165) is 43.8 Å². The first kappa shape index (κ1) is 16.5. The van der Waals surface area contributed by atoms with Crippen LogP contribution in [0.3, 0.4) is 0 Å². The van der Waals surface area contributed by atoms with Crippen LogP contribution in [0.25, 0.3) is 11.1 Å². The van der Waals surface area contributed by atoms with Gasteiger partial charge in [-0.1, -0.05) is 72.8 Å². The van der Waals surface area contributed by atoms with Crippen molar-refractivity contribution in [2.45, 2.75) is 13.1 Å². The van der Waals surface area contributed by atoms with E-state index in [1.54, 1.807) is 0 Å². The van der Waals surface area contributed by atoms with Crippen molar-refractivity contribution in [2.75, 3.05) is 0 Å². The lowest BCUT2D eigenvalue weighted by atomic mass is 9.95. The first-order valence-electron chi connectivity index (χ1n) is 8.70. The third-order valence-corrected chi connectivity index (χ3v) is 4.88. The lowest BCUT2D eigenvalue weighted by Crippen LogP contribution is -2.23. The van der Waals surface area contributed by atoms with Crippen LogP contribution in [-0.4, -0.2) is 5.78 Å². The maximum Gasteiger partial charge on any atom is 0.195 e. The number of fused-ring (bicyclic) bond motifs is 1. The molecule has 0 aliphatic heterocycles. The molecule has 0 fully saturated rings. The lowest BCUT2D eigenvalue weighted by Gasteiger charge is -2.07. The van der Waals surface area contributed by atoms with Gasteiger partial charge < -0.3 is 11.5 Å². The second-order valence-electron chi connectivity index (χ2n) is 6.43. The van der Waals surface area contributed by atoms with E-state index in [1.807, 2.05) is 72.8 Å². The van der Waals surface area contributed by atoms with Gasteiger partial charge in [0.25, 0.3) is 0 Å². The number of carbonyl (C=O) groups is 1. The first-order chi connectivity index (χ1) is 12.7. The molecular weight excluding hydrogens is 320 g/mol. The number of ketones is 1. The highest BCUT2D eigenvalue weighted by molar-refractivity contribution is 6.43. The average molecular weight is 340 g/mol. The van der Waals surface area contributed by atoms with Gasteiger partial charge in [0.1, 0.15) is 0 Å². The second-order valence-corrected chi connectivity index (χ2v) is 6.43. The number of hydrogen-bond acceptors (Lipinski definition) is 3. The molecule has 4 N–H and O–H groups in total. The Morgan fingerprint density at radius 3 is 1.31 bits per heavy atom. The van der Waals surface area contributed by atoms with Crippen molar-refractivity contribution in [2.24, 2.45) is 11.5 Å². The normalized spacial score (nSPS) is 13.2. The number of hydrogen-bond donors (Lipinski definition) is 2. The Hall–Kier alpha value is -3.01. The van der Waals surface area contributed by atoms with Crippen LogP contribution in [0.5, 0.6) is 0 Å². The minimum atomic E-state index is 0.0622. The second kappa shape index (κ2) is 6.71. The molecule has 0 heterocycles. The van der Waals surface area contributed by atoms with E-state index in [9.17, 15) is 4.79 Å². The van der Waals surface area contributed by atoms with Gasteiger partial charge >= 0.3 is 0 Å². The monoisotopic (exact) mass is 340 g/mol. The van der Waals surface area contributed by atoms with E-state index in [1.165, 1.54) is 0 Å². The highest BCUT2D eigenvalue weighted by Gasteiger charge is 2.25. The Balaban J connectivity index is 1.93. The molecular formula is C23H20N2O. The summed E-state index contributed by atoms with van der Waals surface area (Å²) in [4.78, 5) is 13.3. The Kier molecular flexibility index (Phi) is 4.25. The van der Waals surface area contributed by atoms with Crippen LogP contribution in [0, 0.1) is 0 Å². The van der Waals surface area contributed by atoms with Gasteiger partial charge in [-0.15, -0.1) is 0 Å². The fourth-order valence-corrected chi connectivity index (χ4v) is 3.48. The molecule has 3 nitrogen and oxygen atoms in total. The van der Waals surface area contributed by atoms with Gasteiger partial charge in [-0.05, 0) is 32.7 Å². The van der Waals surface area contributed by atoms with Gasteiger partial charge in [-0.2, -0.15) is 0 Å². The Labute approximate surface area is 152 Å². The zero-order valence-corrected chi connectivity index (χ0v) is 14.4. The molecule has 1 aliphatic rings. The fourth-order valence-electron chi connectivity index (χ4n) is 3.48. The van der Waals surface area contributed by atoms with Gasteiger partial charge in [0.15, 0.2) is 5.78 Å². The zero-order chi connectivity index (χ0) is 18.1. The summed E-state index contributed by atoms with van der Waals surface area (Å²) >= 11 is 0. The topological polar surface area (TPSA) is 69.1 Å². The molecule has 3 heteroatoms. The van der Waals surface area contributed by atoms with Gasteiger partial charge in [-0.3, -0.25) is 4.79 Å². The van der Waals surface area contributed by atoms with E-state index in [-0.39, 0.29) is 5.78 Å². The highest BCUT2D eigenvalue weighted by Crippen LogP contribution is 2.24. The van der Waals surface area contributed by atoms with Crippen LogP contribution < -0.4 is 21.9 Å². The Morgan fingerprint density at radius 2 is 0.962 bits per heavy atom. The summed E-state index contributed by atoms with van der Waals surface area (Å²) in [6, 6.07) is 23.8. The molecule has 0 saturated carbocycles. The summed E-state index contributed by atoms with van der Waals surface area (Å²) in [7, 11) is 0. The number of rotatable bonds is 4. The summed E-state index contributed by atoms with van der Waals surface area (Å²) in [5.41, 5.74) is 16.8. The van der Waals surface area contributed by atoms with Crippen molar-refractivity contribution in [3.63, 3.8) is 0 Å². The smallest absolute Gasteiger partial charge is 0.195 e. The molecule has 0 bridgehead atoms. The third-order valence-electron chi connectivity index (χ3n) is 4.88. The molecule has 128 valence electrons. The zero-order valence-electron chi connectivity index (χ0n) is 14.4. The summed E-state index contributed by atoms with van der Waals surface area (Å²) in [6.45, 7) is 0.982. The largest absolute Gasteiger partial charge is 0.326 e. The minimum absolute atomic E-state index is 0.0622. The maximum absolute atomic E-state index is 13.3. The molecule has 3 aromatic rings. The number of Topliss-reactive ketones (excluding diaryl/α,β-unsaturated/α-hetero) is 1. The predicted octanol–water partition coefficient (Wildman–Crippen LogP) is 1.58. The predicted molar refractivity (Wildman–Crippen MR) is 104 cm³/mol. The maximum atomic E-state index is 13.3. The number of nitrogens with two attached hydrogens (primary N) is 2. The van der Waals surface area contributed by atoms with E-state index in [0.29, 0.717) is 13.1 Å². The summed E-state index contributed by atoms with van der Waals surface area (Å²) in [5, 5.41) is 1.96. The van der Waals surface area contributed by atoms with Gasteiger partial charge in [0.2, 0.25) is 0 Å². The van der Waals surface area contributed by atoms with Crippen LogP contribution in [0.2, 0.25) is 0 Å². The highest BCUT2D eigenvalue weighted by atomic mass is 16.1. The molecule has 1 aliphatic carbocycles. The lowest BCUT2D eigenvalue weighted by molar-refractivity contribution is -0.108. The molecule has 4 rings (SSSR count). The van der Waals surface area contributed by atoms with Gasteiger partial charge in [0.05, 0.1) is 0 Å². The van der Waals surface area contributed by atoms with Crippen molar-refractivity contribution in [3.8, 4) is 0 Å². The number of benzene rings is 3. The van der Waals surface area contributed by atoms with Crippen molar-refractivity contribution >= 4 is 16.9 Å². The van der Waals surface area contributed by atoms with Gasteiger partial charge in [0, 0.05) is 24.2 Å². The Bertz CT molecular complexity index is 1010. The van der Waals surface area contributed by atoms with Crippen LogP contribution in [0.4, 0.5) is 0 Å². The van der Waals surface area contributed by atoms with Crippen molar-refractivity contribution in [1.29, 1.82) is 0 Å². The first-order valence-corrected chi connectivity index (χ1v) is 8.70. The van der Waals surface area contributed by atoms with Gasteiger partial charge in [-0.25, -0.2) is 0 Å². The molecule has 26 heavy (non-hydrogen) atoms. The molecule has 3 aromatic carbocycles. The third kappa shape index (κ3) is 2.68. The SMILES string of the molecule is NCc1ccc(C2=c3ccccc3=C(c3ccc(CN)cc3)C2=O)cc1. The van der Waals surface area contributed by atoms with Crippen LogP contribution >= 0.6 is 0 Å². The summed E-state index contributed by atoms with van der Waals surface area (Å²) in [5.74, 6) is 0.0622. The number of carbonyl (C=O) groups excluding carboxylic acids is 1. The minimum Gasteiger partial charge on any atom is -0.326 e. The summed E-state index contributed by atoms with van der Waals surface area (Å²) < 4.78 is 0. The molecule has 0 unspecified atom stereocenters. The molecule has 0 saturated heterocycles. The molecule has 0 aromatic heterocycles. The summed E-state index contributed by atoms with van der Waals surface area (Å²) in [6.07, 6.45) is 0. The van der Waals surface area contributed by atoms with E-state index in [4.69, 9.17) is 11.5 Å². The molecule has 0 spiro atoms. The fraction of sp³-hybridized carbons (Fsp3) is 0.0870.